The van der Waals surface area contributed by atoms with Crippen molar-refractivity contribution in [3.05, 3.63) is 29.8 Å². The van der Waals surface area contributed by atoms with Gasteiger partial charge in [-0.05, 0) is 50.8 Å². The maximum absolute atomic E-state index is 6.30. The molecule has 2 N–H and O–H groups in total. The van der Waals surface area contributed by atoms with Crippen molar-refractivity contribution in [2.24, 2.45) is 11.1 Å². The number of benzene rings is 1. The minimum absolute atomic E-state index is 0.0623. The van der Waals surface area contributed by atoms with E-state index in [4.69, 9.17) is 5.73 Å². The highest BCUT2D eigenvalue weighted by molar-refractivity contribution is 5.48. The minimum Gasteiger partial charge on any atom is -0.371 e. The fourth-order valence-corrected chi connectivity index (χ4v) is 1.89. The van der Waals surface area contributed by atoms with Gasteiger partial charge in [0, 0.05) is 24.3 Å². The van der Waals surface area contributed by atoms with Crippen LogP contribution >= 0.6 is 0 Å². The van der Waals surface area contributed by atoms with Crippen LogP contribution in [0.3, 0.4) is 0 Å². The summed E-state index contributed by atoms with van der Waals surface area (Å²) in [5.41, 5.74) is 8.76. The molecule has 1 aromatic rings. The van der Waals surface area contributed by atoms with Crippen molar-refractivity contribution in [2.45, 2.75) is 47.1 Å². The van der Waals surface area contributed by atoms with Crippen LogP contribution < -0.4 is 10.6 Å². The van der Waals surface area contributed by atoms with Crippen molar-refractivity contribution in [3.63, 3.8) is 0 Å². The molecule has 0 aromatic heterocycles. The van der Waals surface area contributed by atoms with Gasteiger partial charge in [0.15, 0.2) is 0 Å². The van der Waals surface area contributed by atoms with Gasteiger partial charge in [-0.3, -0.25) is 0 Å². The molecule has 2 nitrogen and oxygen atoms in total. The van der Waals surface area contributed by atoms with Crippen LogP contribution in [0, 0.1) is 12.3 Å². The maximum atomic E-state index is 6.30. The molecule has 0 atom stereocenters. The Morgan fingerprint density at radius 3 is 2.22 bits per heavy atom. The lowest BCUT2D eigenvalue weighted by Crippen LogP contribution is -2.53. The fourth-order valence-electron chi connectivity index (χ4n) is 1.89. The molecule has 0 saturated carbocycles. The minimum atomic E-state index is -0.190. The van der Waals surface area contributed by atoms with Crippen molar-refractivity contribution in [1.29, 1.82) is 0 Å². The predicted molar refractivity (Wildman–Crippen MR) is 81.1 cm³/mol. The Morgan fingerprint density at radius 1 is 1.17 bits per heavy atom. The van der Waals surface area contributed by atoms with Gasteiger partial charge < -0.3 is 10.6 Å². The standard InChI is InChI=1S/C16H28N2/c1-7-18(12-15(3,4)16(5,6)17)14-10-8-9-13(2)11-14/h8-11H,7,12,17H2,1-6H3. The molecular formula is C16H28N2. The summed E-state index contributed by atoms with van der Waals surface area (Å²) in [5.74, 6) is 0. The molecule has 2 heteroatoms. The monoisotopic (exact) mass is 248 g/mol. The molecular weight excluding hydrogens is 220 g/mol. The first-order chi connectivity index (χ1) is 8.17. The van der Waals surface area contributed by atoms with Crippen LogP contribution in [0.2, 0.25) is 0 Å². The second-order valence-electron chi connectivity index (χ2n) is 6.46. The second-order valence-corrected chi connectivity index (χ2v) is 6.46. The summed E-state index contributed by atoms with van der Waals surface area (Å²) in [4.78, 5) is 2.40. The lowest BCUT2D eigenvalue weighted by atomic mass is 9.75. The first-order valence-electron chi connectivity index (χ1n) is 6.78. The molecule has 1 rings (SSSR count). The van der Waals surface area contributed by atoms with Gasteiger partial charge in [-0.1, -0.05) is 26.0 Å². The van der Waals surface area contributed by atoms with E-state index in [0.717, 1.165) is 13.1 Å². The van der Waals surface area contributed by atoms with Gasteiger partial charge in [0.1, 0.15) is 0 Å². The molecule has 0 bridgehead atoms. The maximum Gasteiger partial charge on any atom is 0.0368 e. The highest BCUT2D eigenvalue weighted by Gasteiger charge is 2.34. The van der Waals surface area contributed by atoms with E-state index in [2.05, 4.69) is 70.7 Å². The van der Waals surface area contributed by atoms with Gasteiger partial charge in [-0.25, -0.2) is 0 Å². The quantitative estimate of drug-likeness (QED) is 0.863. The number of anilines is 1. The molecule has 0 unspecified atom stereocenters. The number of rotatable bonds is 5. The normalized spacial score (nSPS) is 12.6. The van der Waals surface area contributed by atoms with Crippen molar-refractivity contribution in [1.82, 2.24) is 0 Å². The highest BCUT2D eigenvalue weighted by Crippen LogP contribution is 2.31. The van der Waals surface area contributed by atoms with Crippen LogP contribution in [0.25, 0.3) is 0 Å². The molecule has 0 heterocycles. The number of nitrogens with zero attached hydrogens (tertiary/aromatic N) is 1. The average molecular weight is 248 g/mol. The number of hydrogen-bond acceptors (Lipinski definition) is 2. The van der Waals surface area contributed by atoms with Crippen LogP contribution in [0.15, 0.2) is 24.3 Å². The SMILES string of the molecule is CCN(CC(C)(C)C(C)(C)N)c1cccc(C)c1. The molecule has 0 fully saturated rings. The number of hydrogen-bond donors (Lipinski definition) is 1. The van der Waals surface area contributed by atoms with Crippen LogP contribution in [-0.2, 0) is 0 Å². The summed E-state index contributed by atoms with van der Waals surface area (Å²) >= 11 is 0. The van der Waals surface area contributed by atoms with Gasteiger partial charge in [0.2, 0.25) is 0 Å². The molecule has 0 saturated heterocycles. The smallest absolute Gasteiger partial charge is 0.0368 e. The molecule has 0 aliphatic heterocycles. The van der Waals surface area contributed by atoms with E-state index in [1.54, 1.807) is 0 Å². The number of nitrogens with two attached hydrogens (primary N) is 1. The summed E-state index contributed by atoms with van der Waals surface area (Å²) < 4.78 is 0. The zero-order valence-electron chi connectivity index (χ0n) is 12.7. The molecule has 0 radical (unpaired) electrons. The molecule has 1 aromatic carbocycles. The largest absolute Gasteiger partial charge is 0.371 e. The van der Waals surface area contributed by atoms with Gasteiger partial charge in [-0.2, -0.15) is 0 Å². The topological polar surface area (TPSA) is 29.3 Å². The Balaban J connectivity index is 2.93. The molecule has 0 aliphatic rings. The van der Waals surface area contributed by atoms with Gasteiger partial charge in [0.25, 0.3) is 0 Å². The molecule has 0 amide bonds. The van der Waals surface area contributed by atoms with Crippen LogP contribution in [0.5, 0.6) is 0 Å². The van der Waals surface area contributed by atoms with Gasteiger partial charge >= 0.3 is 0 Å². The summed E-state index contributed by atoms with van der Waals surface area (Å²) in [6.45, 7) is 15.0. The van der Waals surface area contributed by atoms with E-state index >= 15 is 0 Å². The van der Waals surface area contributed by atoms with Crippen LogP contribution in [0.1, 0.15) is 40.2 Å². The Hall–Kier alpha value is -1.02. The van der Waals surface area contributed by atoms with E-state index in [1.165, 1.54) is 11.3 Å². The zero-order valence-corrected chi connectivity index (χ0v) is 12.7. The first kappa shape index (κ1) is 15.0. The predicted octanol–water partition coefficient (Wildman–Crippen LogP) is 3.58. The lowest BCUT2D eigenvalue weighted by molar-refractivity contribution is 0.208. The van der Waals surface area contributed by atoms with Crippen molar-refractivity contribution < 1.29 is 0 Å². The van der Waals surface area contributed by atoms with Crippen molar-refractivity contribution >= 4 is 5.69 Å². The Morgan fingerprint density at radius 2 is 1.78 bits per heavy atom. The zero-order chi connectivity index (χ0) is 14.0. The fraction of sp³-hybridized carbons (Fsp3) is 0.625. The number of aryl methyl sites for hydroxylation is 1. The van der Waals surface area contributed by atoms with Gasteiger partial charge in [0.05, 0.1) is 0 Å². The summed E-state index contributed by atoms with van der Waals surface area (Å²) in [5, 5.41) is 0. The molecule has 102 valence electrons. The van der Waals surface area contributed by atoms with Gasteiger partial charge in [-0.15, -0.1) is 0 Å². The third-order valence-electron chi connectivity index (χ3n) is 4.08. The van der Waals surface area contributed by atoms with E-state index in [-0.39, 0.29) is 11.0 Å². The lowest BCUT2D eigenvalue weighted by Gasteiger charge is -2.42. The van der Waals surface area contributed by atoms with E-state index in [0.29, 0.717) is 0 Å². The Labute approximate surface area is 112 Å². The Kier molecular flexibility index (Phi) is 4.44. The van der Waals surface area contributed by atoms with Crippen LogP contribution in [0.4, 0.5) is 5.69 Å². The van der Waals surface area contributed by atoms with Crippen molar-refractivity contribution in [2.75, 3.05) is 18.0 Å². The van der Waals surface area contributed by atoms with E-state index in [9.17, 15) is 0 Å². The molecule has 0 aliphatic carbocycles. The molecule has 0 spiro atoms. The highest BCUT2D eigenvalue weighted by atomic mass is 15.1. The van der Waals surface area contributed by atoms with Crippen LogP contribution in [-0.4, -0.2) is 18.6 Å². The summed E-state index contributed by atoms with van der Waals surface area (Å²) in [7, 11) is 0. The first-order valence-corrected chi connectivity index (χ1v) is 6.78. The van der Waals surface area contributed by atoms with Crippen molar-refractivity contribution in [3.8, 4) is 0 Å². The second kappa shape index (κ2) is 5.31. The third-order valence-corrected chi connectivity index (χ3v) is 4.08. The Bertz CT molecular complexity index is 388. The molecule has 18 heavy (non-hydrogen) atoms. The van der Waals surface area contributed by atoms with E-state index in [1.807, 2.05) is 0 Å². The summed E-state index contributed by atoms with van der Waals surface area (Å²) in [6, 6.07) is 8.67. The third kappa shape index (κ3) is 3.49. The average Bonchev–Trinajstić information content (AvgIpc) is 2.24. The summed E-state index contributed by atoms with van der Waals surface area (Å²) in [6.07, 6.45) is 0. The van der Waals surface area contributed by atoms with E-state index < -0.39 is 0 Å².